The minimum Gasteiger partial charge on any atom is -0.474 e. The van der Waals surface area contributed by atoms with E-state index in [0.29, 0.717) is 16.9 Å². The zero-order chi connectivity index (χ0) is 14.5. The molecule has 1 aromatic heterocycles. The van der Waals surface area contributed by atoms with Gasteiger partial charge in [-0.2, -0.15) is 4.98 Å². The van der Waals surface area contributed by atoms with E-state index in [2.05, 4.69) is 9.97 Å². The van der Waals surface area contributed by atoms with Crippen molar-refractivity contribution in [3.05, 3.63) is 41.6 Å². The number of ether oxygens (including phenoxy) is 1. The van der Waals surface area contributed by atoms with Crippen molar-refractivity contribution in [2.45, 2.75) is 44.6 Å². The third-order valence-corrected chi connectivity index (χ3v) is 3.99. The van der Waals surface area contributed by atoms with Crippen molar-refractivity contribution in [2.24, 2.45) is 0 Å². The van der Waals surface area contributed by atoms with Crippen molar-refractivity contribution in [3.63, 3.8) is 0 Å². The first-order valence-electron chi connectivity index (χ1n) is 7.58. The van der Waals surface area contributed by atoms with Crippen LogP contribution in [0, 0.1) is 0 Å². The molecule has 0 spiro atoms. The van der Waals surface area contributed by atoms with Crippen molar-refractivity contribution >= 4 is 11.6 Å². The van der Waals surface area contributed by atoms with E-state index in [1.54, 1.807) is 6.07 Å². The number of aromatic nitrogens is 2. The quantitative estimate of drug-likeness (QED) is 0.597. The van der Waals surface area contributed by atoms with Gasteiger partial charge in [-0.05, 0) is 25.7 Å². The third kappa shape index (κ3) is 3.94. The van der Waals surface area contributed by atoms with Crippen molar-refractivity contribution in [2.75, 3.05) is 0 Å². The molecule has 0 N–H and O–H groups in total. The van der Waals surface area contributed by atoms with Crippen LogP contribution in [0.15, 0.2) is 36.4 Å². The molecule has 1 aliphatic carbocycles. The van der Waals surface area contributed by atoms with Crippen molar-refractivity contribution in [1.29, 1.82) is 0 Å². The molecular formula is C17H19ClN2O. The molecule has 0 atom stereocenters. The SMILES string of the molecule is Clc1cc(OC2CCCCCC2)nc(-c2ccccc2)n1. The largest absolute Gasteiger partial charge is 0.474 e. The molecule has 3 rings (SSSR count). The van der Waals surface area contributed by atoms with E-state index in [4.69, 9.17) is 16.3 Å². The van der Waals surface area contributed by atoms with E-state index in [-0.39, 0.29) is 6.10 Å². The lowest BCUT2D eigenvalue weighted by Gasteiger charge is -2.16. The van der Waals surface area contributed by atoms with Crippen molar-refractivity contribution in [3.8, 4) is 17.3 Å². The average Bonchev–Trinajstić information content (AvgIpc) is 2.76. The highest BCUT2D eigenvalue weighted by molar-refractivity contribution is 6.29. The minimum absolute atomic E-state index is 0.252. The molecule has 21 heavy (non-hydrogen) atoms. The van der Waals surface area contributed by atoms with E-state index < -0.39 is 0 Å². The van der Waals surface area contributed by atoms with E-state index in [1.807, 2.05) is 30.3 Å². The second-order valence-corrected chi connectivity index (χ2v) is 5.84. The van der Waals surface area contributed by atoms with Gasteiger partial charge in [0.1, 0.15) is 11.3 Å². The van der Waals surface area contributed by atoms with Gasteiger partial charge in [-0.1, -0.05) is 54.8 Å². The summed E-state index contributed by atoms with van der Waals surface area (Å²) in [5.41, 5.74) is 0.950. The second kappa shape index (κ2) is 6.90. The first-order valence-corrected chi connectivity index (χ1v) is 7.96. The number of rotatable bonds is 3. The van der Waals surface area contributed by atoms with Gasteiger partial charge in [0.25, 0.3) is 0 Å². The first kappa shape index (κ1) is 14.3. The number of halogens is 1. The van der Waals surface area contributed by atoms with Crippen LogP contribution < -0.4 is 4.74 Å². The molecule has 110 valence electrons. The lowest BCUT2D eigenvalue weighted by atomic mass is 10.1. The van der Waals surface area contributed by atoms with Gasteiger partial charge in [-0.25, -0.2) is 4.98 Å². The topological polar surface area (TPSA) is 35.0 Å². The van der Waals surface area contributed by atoms with E-state index in [9.17, 15) is 0 Å². The van der Waals surface area contributed by atoms with Gasteiger partial charge in [0, 0.05) is 11.6 Å². The average molecular weight is 303 g/mol. The Bertz CT molecular complexity index is 581. The summed E-state index contributed by atoms with van der Waals surface area (Å²) in [4.78, 5) is 8.80. The number of hydrogen-bond donors (Lipinski definition) is 0. The molecule has 0 amide bonds. The Balaban J connectivity index is 1.81. The Morgan fingerprint density at radius 1 is 0.952 bits per heavy atom. The van der Waals surface area contributed by atoms with Crippen LogP contribution in [0.3, 0.4) is 0 Å². The summed E-state index contributed by atoms with van der Waals surface area (Å²) in [6.07, 6.45) is 7.52. The van der Waals surface area contributed by atoms with Crippen LogP contribution in [-0.4, -0.2) is 16.1 Å². The highest BCUT2D eigenvalue weighted by Crippen LogP contribution is 2.25. The number of nitrogens with zero attached hydrogens (tertiary/aromatic N) is 2. The monoisotopic (exact) mass is 302 g/mol. The highest BCUT2D eigenvalue weighted by Gasteiger charge is 2.15. The molecule has 2 aromatic rings. The molecule has 1 heterocycles. The molecule has 1 saturated carbocycles. The minimum atomic E-state index is 0.252. The van der Waals surface area contributed by atoms with Gasteiger partial charge >= 0.3 is 0 Å². The fraction of sp³-hybridized carbons (Fsp3) is 0.412. The Labute approximate surface area is 130 Å². The van der Waals surface area contributed by atoms with Crippen LogP contribution in [0.1, 0.15) is 38.5 Å². The highest BCUT2D eigenvalue weighted by atomic mass is 35.5. The fourth-order valence-electron chi connectivity index (χ4n) is 2.70. The van der Waals surface area contributed by atoms with Crippen LogP contribution in [-0.2, 0) is 0 Å². The summed E-state index contributed by atoms with van der Waals surface area (Å²) >= 11 is 6.12. The molecule has 1 aliphatic rings. The van der Waals surface area contributed by atoms with Crippen LogP contribution in [0.5, 0.6) is 5.88 Å². The molecule has 0 radical (unpaired) electrons. The predicted octanol–water partition coefficient (Wildman–Crippen LogP) is 4.90. The molecule has 0 saturated heterocycles. The van der Waals surface area contributed by atoms with E-state index in [0.717, 1.165) is 18.4 Å². The molecule has 0 bridgehead atoms. The van der Waals surface area contributed by atoms with Crippen LogP contribution >= 0.6 is 11.6 Å². The number of benzene rings is 1. The second-order valence-electron chi connectivity index (χ2n) is 5.45. The predicted molar refractivity (Wildman–Crippen MR) is 84.6 cm³/mol. The van der Waals surface area contributed by atoms with Gasteiger partial charge in [0.05, 0.1) is 0 Å². The summed E-state index contributed by atoms with van der Waals surface area (Å²) in [6.45, 7) is 0. The van der Waals surface area contributed by atoms with Gasteiger partial charge in [-0.3, -0.25) is 0 Å². The van der Waals surface area contributed by atoms with Gasteiger partial charge in [-0.15, -0.1) is 0 Å². The molecule has 1 aromatic carbocycles. The van der Waals surface area contributed by atoms with Gasteiger partial charge < -0.3 is 4.74 Å². The lowest BCUT2D eigenvalue weighted by Crippen LogP contribution is -2.16. The maximum atomic E-state index is 6.12. The zero-order valence-electron chi connectivity index (χ0n) is 12.0. The standard InChI is InChI=1S/C17H19ClN2O/c18-15-12-16(21-14-10-6-1-2-7-11-14)20-17(19-15)13-8-4-3-5-9-13/h3-5,8-9,12,14H,1-2,6-7,10-11H2. The van der Waals surface area contributed by atoms with Crippen LogP contribution in [0.4, 0.5) is 0 Å². The summed E-state index contributed by atoms with van der Waals surface area (Å²) < 4.78 is 6.04. The fourth-order valence-corrected chi connectivity index (χ4v) is 2.88. The first-order chi connectivity index (χ1) is 10.3. The van der Waals surface area contributed by atoms with Crippen molar-refractivity contribution in [1.82, 2.24) is 9.97 Å². The smallest absolute Gasteiger partial charge is 0.218 e. The normalized spacial score (nSPS) is 16.4. The van der Waals surface area contributed by atoms with E-state index >= 15 is 0 Å². The van der Waals surface area contributed by atoms with Crippen LogP contribution in [0.25, 0.3) is 11.4 Å². The van der Waals surface area contributed by atoms with Gasteiger partial charge in [0.15, 0.2) is 5.82 Å². The molecule has 4 heteroatoms. The molecule has 0 unspecified atom stereocenters. The summed E-state index contributed by atoms with van der Waals surface area (Å²) in [5.74, 6) is 1.20. The third-order valence-electron chi connectivity index (χ3n) is 3.79. The Hall–Kier alpha value is -1.61. The summed E-state index contributed by atoms with van der Waals surface area (Å²) in [6, 6.07) is 11.6. The Morgan fingerprint density at radius 2 is 1.67 bits per heavy atom. The summed E-state index contributed by atoms with van der Waals surface area (Å²) in [5, 5.41) is 0.424. The maximum Gasteiger partial charge on any atom is 0.218 e. The van der Waals surface area contributed by atoms with Gasteiger partial charge in [0.2, 0.25) is 5.88 Å². The lowest BCUT2D eigenvalue weighted by molar-refractivity contribution is 0.176. The molecule has 3 nitrogen and oxygen atoms in total. The molecule has 0 aliphatic heterocycles. The Kier molecular flexibility index (Phi) is 4.71. The molecule has 1 fully saturated rings. The number of hydrogen-bond acceptors (Lipinski definition) is 3. The Morgan fingerprint density at radius 3 is 2.38 bits per heavy atom. The zero-order valence-corrected chi connectivity index (χ0v) is 12.7. The maximum absolute atomic E-state index is 6.12. The van der Waals surface area contributed by atoms with E-state index in [1.165, 1.54) is 25.7 Å². The van der Waals surface area contributed by atoms with Crippen molar-refractivity contribution < 1.29 is 4.74 Å². The molecular weight excluding hydrogens is 284 g/mol. The summed E-state index contributed by atoms with van der Waals surface area (Å²) in [7, 11) is 0. The van der Waals surface area contributed by atoms with Crippen LogP contribution in [0.2, 0.25) is 5.15 Å².